The quantitative estimate of drug-likeness (QED) is 0.549. The molecule has 4 fully saturated rings. The summed E-state index contributed by atoms with van der Waals surface area (Å²) in [5.41, 5.74) is 0. The highest BCUT2D eigenvalue weighted by atomic mass is 16.9. The maximum atomic E-state index is 12.6. The molecule has 27 heavy (non-hydrogen) atoms. The van der Waals surface area contributed by atoms with Crippen LogP contribution in [0.3, 0.4) is 0 Å². The number of ether oxygens (including phenoxy) is 6. The predicted octanol–water partition coefficient (Wildman–Crippen LogP) is 2.28. The van der Waals surface area contributed by atoms with Crippen LogP contribution in [0.5, 0.6) is 0 Å². The van der Waals surface area contributed by atoms with Crippen molar-refractivity contribution in [3.8, 4) is 0 Å². The maximum absolute atomic E-state index is 12.6. The van der Waals surface area contributed by atoms with Gasteiger partial charge in [0.25, 0.3) is 0 Å². The minimum atomic E-state index is -0.763. The lowest BCUT2D eigenvalue weighted by Crippen LogP contribution is -2.55. The summed E-state index contributed by atoms with van der Waals surface area (Å²) in [6, 6.07) is 0. The fraction of sp³-hybridized carbons (Fsp3) is 0.850. The van der Waals surface area contributed by atoms with E-state index in [1.165, 1.54) is 0 Å². The van der Waals surface area contributed by atoms with Gasteiger partial charge in [-0.05, 0) is 46.5 Å². The molecule has 5 aliphatic rings. The molecule has 3 saturated heterocycles. The van der Waals surface area contributed by atoms with Gasteiger partial charge in [0.2, 0.25) is 0 Å². The number of carbonyl (C=O) groups excluding carboxylic acids is 1. The second-order valence-electron chi connectivity index (χ2n) is 9.22. The first-order valence-corrected chi connectivity index (χ1v) is 9.94. The molecule has 0 radical (unpaired) electrons. The Morgan fingerprint density at radius 2 is 1.67 bits per heavy atom. The zero-order valence-corrected chi connectivity index (χ0v) is 16.3. The normalized spacial score (nSPS) is 48.4. The molecule has 0 aromatic rings. The average Bonchev–Trinajstić information content (AvgIpc) is 3.28. The van der Waals surface area contributed by atoms with Crippen LogP contribution in [0.25, 0.3) is 0 Å². The number of allylic oxidation sites excluding steroid dienone is 1. The van der Waals surface area contributed by atoms with Crippen molar-refractivity contribution in [1.29, 1.82) is 0 Å². The van der Waals surface area contributed by atoms with Crippen LogP contribution in [0.1, 0.15) is 47.0 Å². The zero-order chi connectivity index (χ0) is 19.0. The summed E-state index contributed by atoms with van der Waals surface area (Å²) in [4.78, 5) is 12.6. The van der Waals surface area contributed by atoms with E-state index >= 15 is 0 Å². The summed E-state index contributed by atoms with van der Waals surface area (Å²) in [5.74, 6) is -0.861. The van der Waals surface area contributed by atoms with E-state index in [0.717, 1.165) is 12.8 Å². The molecule has 150 valence electrons. The second kappa shape index (κ2) is 6.00. The van der Waals surface area contributed by atoms with Crippen LogP contribution >= 0.6 is 0 Å². The molecular weight excluding hydrogens is 352 g/mol. The summed E-state index contributed by atoms with van der Waals surface area (Å²) >= 11 is 0. The number of rotatable bonds is 3. The number of hydrogen-bond donors (Lipinski definition) is 0. The molecule has 0 spiro atoms. The van der Waals surface area contributed by atoms with Crippen molar-refractivity contribution in [2.24, 2.45) is 11.8 Å². The Morgan fingerprint density at radius 3 is 2.37 bits per heavy atom. The molecule has 3 unspecified atom stereocenters. The van der Waals surface area contributed by atoms with Crippen LogP contribution in [-0.4, -0.2) is 54.4 Å². The molecule has 0 aromatic carbocycles. The fourth-order valence-corrected chi connectivity index (χ4v) is 5.10. The smallest absolute Gasteiger partial charge is 0.308 e. The molecule has 8 atom stereocenters. The molecule has 5 rings (SSSR count). The lowest BCUT2D eigenvalue weighted by atomic mass is 9.97. The van der Waals surface area contributed by atoms with Crippen LogP contribution in [-0.2, 0) is 33.2 Å². The first-order chi connectivity index (χ1) is 12.7. The van der Waals surface area contributed by atoms with Crippen molar-refractivity contribution in [1.82, 2.24) is 0 Å². The molecule has 2 bridgehead atoms. The van der Waals surface area contributed by atoms with E-state index in [4.69, 9.17) is 28.4 Å². The van der Waals surface area contributed by atoms with Crippen LogP contribution in [0.4, 0.5) is 0 Å². The molecule has 1 saturated carbocycles. The Morgan fingerprint density at radius 1 is 0.963 bits per heavy atom. The number of carbonyl (C=O) groups is 1. The molecule has 0 amide bonds. The average molecular weight is 380 g/mol. The first kappa shape index (κ1) is 18.1. The third-order valence-corrected chi connectivity index (χ3v) is 6.12. The van der Waals surface area contributed by atoms with E-state index in [2.05, 4.69) is 12.2 Å². The van der Waals surface area contributed by atoms with Gasteiger partial charge in [-0.25, -0.2) is 0 Å². The Kier molecular flexibility index (Phi) is 4.02. The number of fused-ring (bicyclic) bond motifs is 5. The number of esters is 1. The van der Waals surface area contributed by atoms with Crippen molar-refractivity contribution in [2.75, 3.05) is 0 Å². The van der Waals surface area contributed by atoms with E-state index in [0.29, 0.717) is 11.8 Å². The predicted molar refractivity (Wildman–Crippen MR) is 92.4 cm³/mol. The lowest BCUT2D eigenvalue weighted by Gasteiger charge is -2.37. The molecular formula is C20H28O7. The van der Waals surface area contributed by atoms with Gasteiger partial charge in [-0.2, -0.15) is 0 Å². The van der Waals surface area contributed by atoms with Crippen molar-refractivity contribution in [3.05, 3.63) is 12.2 Å². The Bertz CT molecular complexity index is 657. The van der Waals surface area contributed by atoms with Crippen LogP contribution in [0.2, 0.25) is 0 Å². The highest BCUT2D eigenvalue weighted by Gasteiger charge is 2.61. The molecule has 3 heterocycles. The third kappa shape index (κ3) is 3.23. The largest absolute Gasteiger partial charge is 0.462 e. The molecule has 0 aromatic heterocycles. The summed E-state index contributed by atoms with van der Waals surface area (Å²) < 4.78 is 35.8. The number of hydrogen-bond acceptors (Lipinski definition) is 7. The van der Waals surface area contributed by atoms with E-state index in [1.54, 1.807) is 0 Å². The van der Waals surface area contributed by atoms with Crippen LogP contribution in [0, 0.1) is 11.8 Å². The van der Waals surface area contributed by atoms with E-state index in [-0.39, 0.29) is 30.7 Å². The van der Waals surface area contributed by atoms with Crippen molar-refractivity contribution < 1.29 is 33.2 Å². The minimum Gasteiger partial charge on any atom is -0.462 e. The van der Waals surface area contributed by atoms with E-state index < -0.39 is 30.1 Å². The lowest BCUT2D eigenvalue weighted by molar-refractivity contribution is -0.236. The van der Waals surface area contributed by atoms with Gasteiger partial charge in [0.15, 0.2) is 17.9 Å². The van der Waals surface area contributed by atoms with Gasteiger partial charge in [0.1, 0.15) is 30.5 Å². The highest BCUT2D eigenvalue weighted by molar-refractivity contribution is 5.70. The molecule has 2 aliphatic carbocycles. The van der Waals surface area contributed by atoms with E-state index in [9.17, 15) is 4.79 Å². The monoisotopic (exact) mass is 380 g/mol. The zero-order valence-electron chi connectivity index (χ0n) is 16.3. The van der Waals surface area contributed by atoms with Crippen LogP contribution in [0.15, 0.2) is 12.2 Å². The standard InChI is InChI=1S/C20H28O7/c1-19(2)24-15-13(9-14(21)22-12-8-10-5-6-11(12)7-10)23-18-17(16(15)25-19)26-20(3,4)27-18/h5-6,10-13,15-18H,7-9H2,1-4H3/t10?,11?,12?,13-,15+,16+,17-,18-/m1/s1. The topological polar surface area (TPSA) is 72.5 Å². The van der Waals surface area contributed by atoms with Crippen molar-refractivity contribution in [3.63, 3.8) is 0 Å². The van der Waals surface area contributed by atoms with Gasteiger partial charge in [0.05, 0.1) is 6.42 Å². The molecule has 7 heteroatoms. The molecule has 3 aliphatic heterocycles. The van der Waals surface area contributed by atoms with Gasteiger partial charge in [0, 0.05) is 5.92 Å². The van der Waals surface area contributed by atoms with Gasteiger partial charge in [-0.3, -0.25) is 4.79 Å². The van der Waals surface area contributed by atoms with E-state index in [1.807, 2.05) is 27.7 Å². The first-order valence-electron chi connectivity index (χ1n) is 9.94. The Balaban J connectivity index is 1.28. The Hall–Kier alpha value is -0.990. The van der Waals surface area contributed by atoms with Gasteiger partial charge in [-0.1, -0.05) is 12.2 Å². The van der Waals surface area contributed by atoms with Crippen molar-refractivity contribution in [2.45, 2.75) is 95.3 Å². The highest BCUT2D eigenvalue weighted by Crippen LogP contribution is 2.45. The summed E-state index contributed by atoms with van der Waals surface area (Å²) in [6.45, 7) is 7.41. The summed E-state index contributed by atoms with van der Waals surface area (Å²) in [5, 5.41) is 0. The third-order valence-electron chi connectivity index (χ3n) is 6.12. The molecule has 0 N–H and O–H groups in total. The Labute approximate surface area is 159 Å². The minimum absolute atomic E-state index is 0.0122. The van der Waals surface area contributed by atoms with Gasteiger partial charge in [-0.15, -0.1) is 0 Å². The fourth-order valence-electron chi connectivity index (χ4n) is 5.10. The molecule has 7 nitrogen and oxygen atoms in total. The van der Waals surface area contributed by atoms with Gasteiger partial charge >= 0.3 is 5.97 Å². The van der Waals surface area contributed by atoms with Gasteiger partial charge < -0.3 is 28.4 Å². The SMILES string of the molecule is CC1(C)O[C@H]2[C@@H](O1)[C@@H](CC(=O)OC1CC3C=CC1C3)O[C@@H]1OC(C)(C)O[C@@H]12. The van der Waals surface area contributed by atoms with Crippen LogP contribution < -0.4 is 0 Å². The maximum Gasteiger partial charge on any atom is 0.308 e. The summed E-state index contributed by atoms with van der Waals surface area (Å²) in [6.07, 6.45) is 4.34. The summed E-state index contributed by atoms with van der Waals surface area (Å²) in [7, 11) is 0. The second-order valence-corrected chi connectivity index (χ2v) is 9.22. The van der Waals surface area contributed by atoms with Crippen molar-refractivity contribution >= 4 is 5.97 Å².